The second-order valence-corrected chi connectivity index (χ2v) is 9.17. The molecule has 6 rings (SSSR count). The molecule has 0 unspecified atom stereocenters. The number of anilines is 1. The van der Waals surface area contributed by atoms with Gasteiger partial charge in [-0.05, 0) is 49.3 Å². The lowest BCUT2D eigenvalue weighted by Gasteiger charge is -2.29. The molecule has 4 aromatic heterocycles. The molecule has 0 N–H and O–H groups in total. The number of nitrogens with zero attached hydrogens (tertiary/aromatic N) is 7. The smallest absolute Gasteiger partial charge is 0.160 e. The molecule has 1 saturated carbocycles. The van der Waals surface area contributed by atoms with Crippen LogP contribution in [-0.2, 0) is 11.2 Å². The Labute approximate surface area is 186 Å². The van der Waals surface area contributed by atoms with Gasteiger partial charge in [0.2, 0.25) is 0 Å². The van der Waals surface area contributed by atoms with Gasteiger partial charge in [-0.1, -0.05) is 6.92 Å². The predicted octanol–water partition coefficient (Wildman–Crippen LogP) is 3.55. The van der Waals surface area contributed by atoms with Gasteiger partial charge in [-0.2, -0.15) is 14.7 Å². The maximum absolute atomic E-state index is 5.57. The summed E-state index contributed by atoms with van der Waals surface area (Å²) in [6, 6.07) is 10.2. The van der Waals surface area contributed by atoms with Gasteiger partial charge in [-0.25, -0.2) is 9.67 Å². The molecular weight excluding hydrogens is 402 g/mol. The summed E-state index contributed by atoms with van der Waals surface area (Å²) in [5.74, 6) is 1.82. The van der Waals surface area contributed by atoms with Crippen molar-refractivity contribution in [1.29, 1.82) is 0 Å². The van der Waals surface area contributed by atoms with Gasteiger partial charge in [0.1, 0.15) is 5.82 Å². The van der Waals surface area contributed by atoms with Crippen molar-refractivity contribution < 1.29 is 4.74 Å². The second-order valence-electron chi connectivity index (χ2n) is 9.17. The van der Waals surface area contributed by atoms with Crippen molar-refractivity contribution in [2.45, 2.75) is 32.6 Å². The van der Waals surface area contributed by atoms with Crippen LogP contribution in [0.15, 0.2) is 48.9 Å². The predicted molar refractivity (Wildman–Crippen MR) is 122 cm³/mol. The minimum Gasteiger partial charge on any atom is -0.378 e. The highest BCUT2D eigenvalue weighted by molar-refractivity contribution is 5.66. The molecule has 164 valence electrons. The highest BCUT2D eigenvalue weighted by atomic mass is 16.5. The van der Waals surface area contributed by atoms with Crippen molar-refractivity contribution in [2.24, 2.45) is 5.41 Å². The van der Waals surface area contributed by atoms with Crippen LogP contribution in [0.2, 0.25) is 0 Å². The fourth-order valence-electron chi connectivity index (χ4n) is 4.26. The van der Waals surface area contributed by atoms with Crippen molar-refractivity contribution in [3.63, 3.8) is 0 Å². The maximum atomic E-state index is 5.57. The SMILES string of the molecule is CC1(CCc2ccn(-c3cc(N4CCOCC4)n4nc(-c5ccncc5)cc4n3)n2)CC1. The zero-order valence-corrected chi connectivity index (χ0v) is 18.3. The third-order valence-corrected chi connectivity index (χ3v) is 6.67. The number of morpholine rings is 1. The molecule has 1 aliphatic heterocycles. The molecular formula is C24H27N7O. The zero-order valence-electron chi connectivity index (χ0n) is 18.3. The van der Waals surface area contributed by atoms with Gasteiger partial charge >= 0.3 is 0 Å². The molecule has 0 radical (unpaired) electrons. The summed E-state index contributed by atoms with van der Waals surface area (Å²) in [6.45, 7) is 5.44. The molecule has 0 atom stereocenters. The molecule has 1 saturated heterocycles. The van der Waals surface area contributed by atoms with Gasteiger partial charge in [0.05, 0.1) is 24.6 Å². The third kappa shape index (κ3) is 3.75. The third-order valence-electron chi connectivity index (χ3n) is 6.67. The zero-order chi connectivity index (χ0) is 21.5. The maximum Gasteiger partial charge on any atom is 0.160 e. The van der Waals surface area contributed by atoms with E-state index in [9.17, 15) is 0 Å². The summed E-state index contributed by atoms with van der Waals surface area (Å²) in [4.78, 5) is 11.3. The first-order valence-electron chi connectivity index (χ1n) is 11.4. The summed E-state index contributed by atoms with van der Waals surface area (Å²) >= 11 is 0. The fourth-order valence-corrected chi connectivity index (χ4v) is 4.26. The van der Waals surface area contributed by atoms with E-state index in [1.807, 2.05) is 33.6 Å². The number of aryl methyl sites for hydroxylation is 1. The molecule has 2 aliphatic rings. The van der Waals surface area contributed by atoms with Crippen LogP contribution in [0.4, 0.5) is 5.82 Å². The van der Waals surface area contributed by atoms with Gasteiger partial charge in [-0.3, -0.25) is 4.98 Å². The molecule has 1 aliphatic carbocycles. The van der Waals surface area contributed by atoms with Gasteiger partial charge in [0.25, 0.3) is 0 Å². The van der Waals surface area contributed by atoms with E-state index in [1.54, 1.807) is 12.4 Å². The molecule has 0 bridgehead atoms. The minimum absolute atomic E-state index is 0.533. The van der Waals surface area contributed by atoms with E-state index >= 15 is 0 Å². The standard InChI is InChI=1S/C24H27N7O/c1-24(7-8-24)6-2-19-5-11-30(27-19)21-17-23(29-12-14-32-15-13-29)31-22(26-21)16-20(28-31)18-3-9-25-10-4-18/h3-5,9-11,16-17H,2,6-8,12-15H2,1H3. The molecule has 8 heteroatoms. The van der Waals surface area contributed by atoms with Gasteiger partial charge < -0.3 is 9.64 Å². The molecule has 0 amide bonds. The highest BCUT2D eigenvalue weighted by Crippen LogP contribution is 2.48. The lowest BCUT2D eigenvalue weighted by molar-refractivity contribution is 0.122. The quantitative estimate of drug-likeness (QED) is 0.467. The monoisotopic (exact) mass is 429 g/mol. The Morgan fingerprint density at radius 2 is 1.84 bits per heavy atom. The Kier molecular flexibility index (Phi) is 4.68. The minimum atomic E-state index is 0.533. The number of aromatic nitrogens is 6. The Hall–Kier alpha value is -3.26. The van der Waals surface area contributed by atoms with Crippen LogP contribution in [0.25, 0.3) is 22.7 Å². The Morgan fingerprint density at radius 1 is 1.03 bits per heavy atom. The average Bonchev–Trinajstić information content (AvgIpc) is 3.23. The summed E-state index contributed by atoms with van der Waals surface area (Å²) in [7, 11) is 0. The molecule has 0 spiro atoms. The molecule has 0 aromatic carbocycles. The van der Waals surface area contributed by atoms with E-state index < -0.39 is 0 Å². The summed E-state index contributed by atoms with van der Waals surface area (Å²) in [6.07, 6.45) is 10.5. The summed E-state index contributed by atoms with van der Waals surface area (Å²) in [5, 5.41) is 9.72. The van der Waals surface area contributed by atoms with Crippen LogP contribution < -0.4 is 4.90 Å². The molecule has 4 aromatic rings. The molecule has 5 heterocycles. The number of ether oxygens (including phenoxy) is 1. The highest BCUT2D eigenvalue weighted by Gasteiger charge is 2.36. The Balaban J connectivity index is 1.39. The van der Waals surface area contributed by atoms with Gasteiger partial charge in [-0.15, -0.1) is 0 Å². The van der Waals surface area contributed by atoms with Crippen LogP contribution in [-0.4, -0.2) is 55.7 Å². The topological polar surface area (TPSA) is 73.4 Å². The van der Waals surface area contributed by atoms with E-state index in [4.69, 9.17) is 19.9 Å². The van der Waals surface area contributed by atoms with Crippen LogP contribution in [0, 0.1) is 5.41 Å². The van der Waals surface area contributed by atoms with E-state index in [1.165, 1.54) is 19.3 Å². The fraction of sp³-hybridized carbons (Fsp3) is 0.417. The molecule has 32 heavy (non-hydrogen) atoms. The van der Waals surface area contributed by atoms with Crippen molar-refractivity contribution >= 4 is 11.5 Å². The van der Waals surface area contributed by atoms with Crippen LogP contribution in [0.3, 0.4) is 0 Å². The number of fused-ring (bicyclic) bond motifs is 1. The summed E-state index contributed by atoms with van der Waals surface area (Å²) in [5.41, 5.74) is 4.36. The molecule has 2 fully saturated rings. The first-order chi connectivity index (χ1) is 15.7. The number of rotatable bonds is 6. The normalized spacial score (nSPS) is 17.7. The summed E-state index contributed by atoms with van der Waals surface area (Å²) < 4.78 is 9.40. The number of pyridine rings is 1. The Bertz CT molecular complexity index is 1240. The van der Waals surface area contributed by atoms with Gasteiger partial charge in [0, 0.05) is 49.4 Å². The van der Waals surface area contributed by atoms with Crippen molar-refractivity contribution in [2.75, 3.05) is 31.2 Å². The number of hydrogen-bond acceptors (Lipinski definition) is 6. The van der Waals surface area contributed by atoms with Crippen LogP contribution >= 0.6 is 0 Å². The van der Waals surface area contributed by atoms with Crippen LogP contribution in [0.5, 0.6) is 0 Å². The van der Waals surface area contributed by atoms with Crippen molar-refractivity contribution in [1.82, 2.24) is 29.4 Å². The second kappa shape index (κ2) is 7.70. The Morgan fingerprint density at radius 3 is 2.62 bits per heavy atom. The van der Waals surface area contributed by atoms with E-state index in [0.717, 1.165) is 53.7 Å². The van der Waals surface area contributed by atoms with E-state index in [2.05, 4.69) is 28.9 Å². The average molecular weight is 430 g/mol. The number of hydrogen-bond donors (Lipinski definition) is 0. The first kappa shape index (κ1) is 19.4. The first-order valence-corrected chi connectivity index (χ1v) is 11.4. The van der Waals surface area contributed by atoms with Crippen molar-refractivity contribution in [3.8, 4) is 17.1 Å². The van der Waals surface area contributed by atoms with E-state index in [-0.39, 0.29) is 0 Å². The van der Waals surface area contributed by atoms with E-state index in [0.29, 0.717) is 18.6 Å². The van der Waals surface area contributed by atoms with Gasteiger partial charge in [0.15, 0.2) is 11.5 Å². The molecule has 8 nitrogen and oxygen atoms in total. The lowest BCUT2D eigenvalue weighted by atomic mass is 10.0. The van der Waals surface area contributed by atoms with Crippen molar-refractivity contribution in [3.05, 3.63) is 54.6 Å². The van der Waals surface area contributed by atoms with Crippen LogP contribution in [0.1, 0.15) is 31.9 Å². The largest absolute Gasteiger partial charge is 0.378 e. The lowest BCUT2D eigenvalue weighted by Crippen LogP contribution is -2.37.